The first-order valence-electron chi connectivity index (χ1n) is 9.24. The quantitative estimate of drug-likeness (QED) is 0.400. The molecule has 0 heterocycles. The highest BCUT2D eigenvalue weighted by molar-refractivity contribution is 5.69. The highest BCUT2D eigenvalue weighted by Gasteiger charge is 2.33. The molecule has 3 unspecified atom stereocenters. The Morgan fingerprint density at radius 1 is 1.10 bits per heavy atom. The van der Waals surface area contributed by atoms with Gasteiger partial charge < -0.3 is 4.74 Å². The standard InChI is InChI=1S/C19H36O2/c1-5-6-7-8-9-10-11-19(20)21-18-14-16(4)12-13-17(18)15(2)3/h15-18H,5-14H2,1-4H3. The highest BCUT2D eigenvalue weighted by atomic mass is 16.5. The molecule has 0 spiro atoms. The van der Waals surface area contributed by atoms with Crippen LogP contribution in [0.3, 0.4) is 0 Å². The Labute approximate surface area is 132 Å². The van der Waals surface area contributed by atoms with E-state index in [1.165, 1.54) is 44.9 Å². The van der Waals surface area contributed by atoms with E-state index < -0.39 is 0 Å². The van der Waals surface area contributed by atoms with E-state index in [1.54, 1.807) is 0 Å². The lowest BCUT2D eigenvalue weighted by atomic mass is 9.75. The van der Waals surface area contributed by atoms with Gasteiger partial charge in [-0.2, -0.15) is 0 Å². The van der Waals surface area contributed by atoms with Crippen molar-refractivity contribution >= 4 is 5.97 Å². The summed E-state index contributed by atoms with van der Waals surface area (Å²) in [6.07, 6.45) is 11.7. The van der Waals surface area contributed by atoms with Crippen LogP contribution in [0.15, 0.2) is 0 Å². The monoisotopic (exact) mass is 296 g/mol. The van der Waals surface area contributed by atoms with Gasteiger partial charge in [0.15, 0.2) is 0 Å². The zero-order valence-electron chi connectivity index (χ0n) is 14.7. The highest BCUT2D eigenvalue weighted by Crippen LogP contribution is 2.35. The Bertz CT molecular complexity index is 285. The van der Waals surface area contributed by atoms with Gasteiger partial charge in [-0.05, 0) is 37.0 Å². The lowest BCUT2D eigenvalue weighted by Crippen LogP contribution is -2.35. The van der Waals surface area contributed by atoms with Crippen LogP contribution in [0.1, 0.15) is 91.9 Å². The molecule has 0 aromatic heterocycles. The first-order valence-corrected chi connectivity index (χ1v) is 9.24. The minimum atomic E-state index is 0.0373. The van der Waals surface area contributed by atoms with E-state index >= 15 is 0 Å². The van der Waals surface area contributed by atoms with E-state index in [1.807, 2.05) is 0 Å². The fourth-order valence-corrected chi connectivity index (χ4v) is 3.53. The van der Waals surface area contributed by atoms with Gasteiger partial charge in [-0.1, -0.05) is 66.2 Å². The minimum Gasteiger partial charge on any atom is -0.462 e. The molecule has 0 aliphatic heterocycles. The molecule has 0 aromatic carbocycles. The predicted molar refractivity (Wildman–Crippen MR) is 89.2 cm³/mol. The topological polar surface area (TPSA) is 26.3 Å². The van der Waals surface area contributed by atoms with Gasteiger partial charge in [-0.25, -0.2) is 0 Å². The third kappa shape index (κ3) is 7.33. The molecule has 0 saturated heterocycles. The van der Waals surface area contributed by atoms with Crippen LogP contribution < -0.4 is 0 Å². The summed E-state index contributed by atoms with van der Waals surface area (Å²) in [6.45, 7) is 9.03. The number of ether oxygens (including phenoxy) is 1. The van der Waals surface area contributed by atoms with Gasteiger partial charge in [0.2, 0.25) is 0 Å². The summed E-state index contributed by atoms with van der Waals surface area (Å²) in [6, 6.07) is 0. The van der Waals surface area contributed by atoms with Gasteiger partial charge in [0.25, 0.3) is 0 Å². The molecular formula is C19H36O2. The second-order valence-corrected chi connectivity index (χ2v) is 7.37. The molecule has 2 heteroatoms. The lowest BCUT2D eigenvalue weighted by molar-refractivity contribution is -0.156. The van der Waals surface area contributed by atoms with Crippen LogP contribution in [0.5, 0.6) is 0 Å². The molecule has 1 rings (SSSR count). The molecule has 1 aliphatic rings. The van der Waals surface area contributed by atoms with Gasteiger partial charge in [0.1, 0.15) is 6.10 Å². The molecule has 1 aliphatic carbocycles. The molecule has 0 amide bonds. The van der Waals surface area contributed by atoms with Crippen molar-refractivity contribution in [1.82, 2.24) is 0 Å². The van der Waals surface area contributed by atoms with Crippen LogP contribution in [0.25, 0.3) is 0 Å². The van der Waals surface area contributed by atoms with Gasteiger partial charge >= 0.3 is 5.97 Å². The van der Waals surface area contributed by atoms with Gasteiger partial charge in [-0.15, -0.1) is 0 Å². The van der Waals surface area contributed by atoms with E-state index in [9.17, 15) is 4.79 Å². The molecule has 0 radical (unpaired) electrons. The van der Waals surface area contributed by atoms with Gasteiger partial charge in [0.05, 0.1) is 0 Å². The molecule has 2 nitrogen and oxygen atoms in total. The molecule has 0 aromatic rings. The number of carbonyl (C=O) groups excluding carboxylic acids is 1. The molecule has 1 fully saturated rings. The van der Waals surface area contributed by atoms with Crippen molar-refractivity contribution in [2.45, 2.75) is 98.0 Å². The Balaban J connectivity index is 2.24. The summed E-state index contributed by atoms with van der Waals surface area (Å²) in [7, 11) is 0. The fourth-order valence-electron chi connectivity index (χ4n) is 3.53. The molecule has 124 valence electrons. The van der Waals surface area contributed by atoms with Gasteiger partial charge in [0, 0.05) is 6.42 Å². The smallest absolute Gasteiger partial charge is 0.306 e. The summed E-state index contributed by atoms with van der Waals surface area (Å²) in [5, 5.41) is 0. The number of hydrogen-bond donors (Lipinski definition) is 0. The lowest BCUT2D eigenvalue weighted by Gasteiger charge is -2.36. The van der Waals surface area contributed by atoms with Crippen molar-refractivity contribution in [2.75, 3.05) is 0 Å². The SMILES string of the molecule is CCCCCCCCC(=O)OC1CC(C)CCC1C(C)C. The number of carbonyl (C=O) groups is 1. The Hall–Kier alpha value is -0.530. The van der Waals surface area contributed by atoms with Crippen molar-refractivity contribution < 1.29 is 9.53 Å². The van der Waals surface area contributed by atoms with Crippen molar-refractivity contribution in [1.29, 1.82) is 0 Å². The number of esters is 1. The zero-order valence-corrected chi connectivity index (χ0v) is 14.7. The van der Waals surface area contributed by atoms with Crippen molar-refractivity contribution in [3.8, 4) is 0 Å². The van der Waals surface area contributed by atoms with Crippen molar-refractivity contribution in [2.24, 2.45) is 17.8 Å². The van der Waals surface area contributed by atoms with Crippen LogP contribution in [0.2, 0.25) is 0 Å². The summed E-state index contributed by atoms with van der Waals surface area (Å²) in [4.78, 5) is 12.1. The predicted octanol–water partition coefficient (Wildman–Crippen LogP) is 5.74. The van der Waals surface area contributed by atoms with Crippen LogP contribution in [0.4, 0.5) is 0 Å². The number of rotatable bonds is 9. The third-order valence-corrected chi connectivity index (χ3v) is 4.98. The number of hydrogen-bond acceptors (Lipinski definition) is 2. The maximum absolute atomic E-state index is 12.1. The fraction of sp³-hybridized carbons (Fsp3) is 0.947. The van der Waals surface area contributed by atoms with Crippen LogP contribution in [0, 0.1) is 17.8 Å². The molecule has 3 atom stereocenters. The molecule has 1 saturated carbocycles. The Morgan fingerprint density at radius 2 is 1.76 bits per heavy atom. The Kier molecular flexibility index (Phi) is 9.03. The largest absolute Gasteiger partial charge is 0.462 e. The average molecular weight is 296 g/mol. The maximum atomic E-state index is 12.1. The zero-order chi connectivity index (χ0) is 15.7. The second-order valence-electron chi connectivity index (χ2n) is 7.37. The first-order chi connectivity index (χ1) is 10.0. The first kappa shape index (κ1) is 18.5. The maximum Gasteiger partial charge on any atom is 0.306 e. The van der Waals surface area contributed by atoms with E-state index in [-0.39, 0.29) is 12.1 Å². The minimum absolute atomic E-state index is 0.0373. The molecule has 0 N–H and O–H groups in total. The van der Waals surface area contributed by atoms with E-state index in [0.717, 1.165) is 12.8 Å². The average Bonchev–Trinajstić information content (AvgIpc) is 2.42. The Morgan fingerprint density at radius 3 is 2.43 bits per heavy atom. The molecular weight excluding hydrogens is 260 g/mol. The van der Waals surface area contributed by atoms with E-state index in [0.29, 0.717) is 24.2 Å². The van der Waals surface area contributed by atoms with Gasteiger partial charge in [-0.3, -0.25) is 4.79 Å². The summed E-state index contributed by atoms with van der Waals surface area (Å²) >= 11 is 0. The molecule has 21 heavy (non-hydrogen) atoms. The van der Waals surface area contributed by atoms with E-state index in [4.69, 9.17) is 4.74 Å². The summed E-state index contributed by atoms with van der Waals surface area (Å²) < 4.78 is 5.82. The summed E-state index contributed by atoms with van der Waals surface area (Å²) in [5.74, 6) is 1.92. The van der Waals surface area contributed by atoms with Crippen molar-refractivity contribution in [3.05, 3.63) is 0 Å². The van der Waals surface area contributed by atoms with E-state index in [2.05, 4.69) is 27.7 Å². The number of unbranched alkanes of at least 4 members (excludes halogenated alkanes) is 5. The van der Waals surface area contributed by atoms with Crippen LogP contribution in [-0.2, 0) is 9.53 Å². The van der Waals surface area contributed by atoms with Crippen molar-refractivity contribution in [3.63, 3.8) is 0 Å². The summed E-state index contributed by atoms with van der Waals surface area (Å²) in [5.41, 5.74) is 0. The van der Waals surface area contributed by atoms with Crippen LogP contribution in [-0.4, -0.2) is 12.1 Å². The van der Waals surface area contributed by atoms with Crippen LogP contribution >= 0.6 is 0 Å². The second kappa shape index (κ2) is 10.2. The normalized spacial score (nSPS) is 26.0. The third-order valence-electron chi connectivity index (χ3n) is 4.98. The molecule has 0 bridgehead atoms.